The second kappa shape index (κ2) is 25.0. The van der Waals surface area contributed by atoms with E-state index in [1.807, 2.05) is 12.3 Å². The van der Waals surface area contributed by atoms with Crippen LogP contribution in [0.25, 0.3) is 0 Å². The number of aliphatic imine (C=N–C) groups is 5. The Morgan fingerprint density at radius 1 is 0.429 bits per heavy atom. The van der Waals surface area contributed by atoms with Crippen LogP contribution < -0.4 is 0 Å². The molecule has 0 aromatic carbocycles. The van der Waals surface area contributed by atoms with Gasteiger partial charge in [-0.3, -0.25) is 15.0 Å². The van der Waals surface area contributed by atoms with Gasteiger partial charge in [-0.2, -0.15) is 10.2 Å². The van der Waals surface area contributed by atoms with Gasteiger partial charge in [0.2, 0.25) is 0 Å². The van der Waals surface area contributed by atoms with Gasteiger partial charge >= 0.3 is 0 Å². The third kappa shape index (κ3) is 18.2. The van der Waals surface area contributed by atoms with Crippen LogP contribution in [0.2, 0.25) is 0 Å². The van der Waals surface area contributed by atoms with Gasteiger partial charge in [0, 0.05) is 76.7 Å². The average molecular weight is 772 g/mol. The molecule has 9 nitrogen and oxygen atoms in total. The van der Waals surface area contributed by atoms with Crippen molar-refractivity contribution in [3.63, 3.8) is 0 Å². The highest BCUT2D eigenvalue weighted by atomic mass is 15.2. The van der Waals surface area contributed by atoms with Crippen LogP contribution in [-0.2, 0) is 0 Å². The van der Waals surface area contributed by atoms with Crippen molar-refractivity contribution < 1.29 is 0 Å². The molecule has 0 unspecified atom stereocenters. The van der Waals surface area contributed by atoms with E-state index in [1.165, 1.54) is 34.3 Å². The van der Waals surface area contributed by atoms with E-state index < -0.39 is 0 Å². The topological polar surface area (TPSA) is 112 Å². The molecule has 0 bridgehead atoms. The lowest BCUT2D eigenvalue weighted by Crippen LogP contribution is -2.12. The summed E-state index contributed by atoms with van der Waals surface area (Å²) in [5.41, 5.74) is 8.67. The van der Waals surface area contributed by atoms with E-state index in [-0.39, 0.29) is 0 Å². The number of aromatic nitrogens is 2. The van der Waals surface area contributed by atoms with Crippen molar-refractivity contribution in [2.45, 2.75) is 163 Å². The van der Waals surface area contributed by atoms with Gasteiger partial charge < -0.3 is 0 Å². The largest absolute Gasteiger partial charge is 0.264 e. The molecule has 0 N–H and O–H groups in total. The Morgan fingerprint density at radius 2 is 0.857 bits per heavy atom. The summed E-state index contributed by atoms with van der Waals surface area (Å²) in [6.07, 6.45) is 6.16. The van der Waals surface area contributed by atoms with Crippen molar-refractivity contribution in [2.24, 2.45) is 82.5 Å². The number of hydrogen-bond donors (Lipinski definition) is 0. The minimum absolute atomic E-state index is 0.420. The number of rotatable bonds is 10. The van der Waals surface area contributed by atoms with E-state index in [2.05, 4.69) is 190 Å². The molecule has 1 aromatic rings. The second-order valence-electron chi connectivity index (χ2n) is 18.2. The smallest absolute Gasteiger partial charge is 0.131 e. The Balaban J connectivity index is 0.000000350. The van der Waals surface area contributed by atoms with E-state index in [1.54, 1.807) is 0 Å². The lowest BCUT2D eigenvalue weighted by molar-refractivity contribution is 0.729. The summed E-state index contributed by atoms with van der Waals surface area (Å²) in [6.45, 7) is 44.8. The fourth-order valence-corrected chi connectivity index (χ4v) is 5.21. The van der Waals surface area contributed by atoms with Crippen LogP contribution in [-0.4, -0.2) is 63.3 Å². The monoisotopic (exact) mass is 772 g/mol. The Morgan fingerprint density at radius 3 is 1.11 bits per heavy atom. The molecule has 5 rings (SSSR count). The lowest BCUT2D eigenvalue weighted by Gasteiger charge is -2.07. The summed E-state index contributed by atoms with van der Waals surface area (Å²) in [6, 6.07) is 1.98. The van der Waals surface area contributed by atoms with Gasteiger partial charge in [-0.25, -0.2) is 20.0 Å². The Bertz CT molecular complexity index is 1450. The predicted octanol–water partition coefficient (Wildman–Crippen LogP) is 12.6. The van der Waals surface area contributed by atoms with Crippen molar-refractivity contribution in [1.82, 2.24) is 9.97 Å². The van der Waals surface area contributed by atoms with Gasteiger partial charge in [0.25, 0.3) is 0 Å². The van der Waals surface area contributed by atoms with Crippen LogP contribution >= 0.6 is 0 Å². The predicted molar refractivity (Wildman–Crippen MR) is 248 cm³/mol. The maximum atomic E-state index is 4.56. The molecule has 0 fully saturated rings. The van der Waals surface area contributed by atoms with Gasteiger partial charge in [0.05, 0.1) is 13.1 Å². The molecule has 9 heteroatoms. The first kappa shape index (κ1) is 50.5. The zero-order valence-corrected chi connectivity index (χ0v) is 39.4. The number of hydrogen-bond acceptors (Lipinski definition) is 9. The zero-order chi connectivity index (χ0) is 42.9. The van der Waals surface area contributed by atoms with Crippen molar-refractivity contribution in [3.05, 3.63) is 35.6 Å². The molecule has 4 aliphatic rings. The van der Waals surface area contributed by atoms with Crippen molar-refractivity contribution >= 4 is 40.2 Å². The quantitative estimate of drug-likeness (QED) is 0.236. The molecular weight excluding hydrogens is 691 g/mol. The number of amidine groups is 2. The normalized spacial score (nSPS) is 16.2. The summed E-state index contributed by atoms with van der Waals surface area (Å²) >= 11 is 0. The standard InChI is InChI=1S/C10H16N2.C10H17N.3C9H16N2/c1-7(2)9-5-6-11-10(12-9)8(3)4;1-7(2)9-5-6-10(11-9)8(3)4;2*1-6(2)8-5-10-9(11-8)7(3)4;1-6(2)8-5-9(7(3)4)11-10-8/h5-8H,1-4H3;5,7-8H,6H2,1-4H3;3*6-7H,5H2,1-4H3. The molecule has 56 heavy (non-hydrogen) atoms. The van der Waals surface area contributed by atoms with Gasteiger partial charge in [0.1, 0.15) is 17.5 Å². The van der Waals surface area contributed by atoms with Crippen LogP contribution in [0, 0.1) is 47.3 Å². The minimum Gasteiger partial charge on any atom is -0.264 e. The summed E-state index contributed by atoms with van der Waals surface area (Å²) < 4.78 is 0. The van der Waals surface area contributed by atoms with E-state index in [0.29, 0.717) is 59.2 Å². The van der Waals surface area contributed by atoms with Crippen LogP contribution in [0.4, 0.5) is 0 Å². The first-order valence-corrected chi connectivity index (χ1v) is 21.5. The molecule has 0 radical (unpaired) electrons. The molecule has 4 aliphatic heterocycles. The average Bonchev–Trinajstić information content (AvgIpc) is 3.96. The van der Waals surface area contributed by atoms with Crippen LogP contribution in [0.15, 0.2) is 59.2 Å². The molecule has 0 atom stereocenters. The second-order valence-corrected chi connectivity index (χ2v) is 18.2. The highest BCUT2D eigenvalue weighted by Gasteiger charge is 2.18. The highest BCUT2D eigenvalue weighted by Crippen LogP contribution is 2.21. The number of allylic oxidation sites excluding steroid dienone is 2. The Labute approximate surface area is 343 Å². The maximum absolute atomic E-state index is 4.56. The fraction of sp³-hybridized carbons (Fsp3) is 0.723. The van der Waals surface area contributed by atoms with Gasteiger partial charge in [-0.1, -0.05) is 145 Å². The summed E-state index contributed by atoms with van der Waals surface area (Å²) in [7, 11) is 0. The van der Waals surface area contributed by atoms with Gasteiger partial charge in [0.15, 0.2) is 0 Å². The molecule has 0 saturated heterocycles. The Hall–Kier alpha value is -3.49. The highest BCUT2D eigenvalue weighted by molar-refractivity contribution is 6.09. The summed E-state index contributed by atoms with van der Waals surface area (Å²) in [5, 5.41) is 8.28. The van der Waals surface area contributed by atoms with Crippen LogP contribution in [0.3, 0.4) is 0 Å². The summed E-state index contributed by atoms with van der Waals surface area (Å²) in [4.78, 5) is 30.8. The van der Waals surface area contributed by atoms with Crippen LogP contribution in [0.1, 0.15) is 175 Å². The zero-order valence-electron chi connectivity index (χ0n) is 39.4. The van der Waals surface area contributed by atoms with E-state index in [0.717, 1.165) is 49.1 Å². The van der Waals surface area contributed by atoms with Gasteiger partial charge in [-0.05, 0) is 47.5 Å². The maximum Gasteiger partial charge on any atom is 0.131 e. The Kier molecular flexibility index (Phi) is 22.6. The van der Waals surface area contributed by atoms with E-state index in [9.17, 15) is 0 Å². The van der Waals surface area contributed by atoms with Gasteiger partial charge in [-0.15, -0.1) is 0 Å². The molecule has 0 spiro atoms. The van der Waals surface area contributed by atoms with Crippen molar-refractivity contribution in [1.29, 1.82) is 0 Å². The van der Waals surface area contributed by atoms with Crippen molar-refractivity contribution in [2.75, 3.05) is 13.1 Å². The molecule has 0 aliphatic carbocycles. The van der Waals surface area contributed by atoms with E-state index >= 15 is 0 Å². The SMILES string of the molecule is CC(C)C1=CCC(C(C)C)=N1.CC(C)C1=NC(C(C)C)=NC1.CC(C)C1=NC(C(C)C)=NC1.CC(C)C1=NN=C(C(C)C)C1.CC(C)c1ccnc(C(C)C)n1. The van der Waals surface area contributed by atoms with Crippen molar-refractivity contribution in [3.8, 4) is 0 Å². The lowest BCUT2D eigenvalue weighted by atomic mass is 9.98. The first-order chi connectivity index (χ1) is 26.0. The third-order valence-electron chi connectivity index (χ3n) is 9.54. The molecule has 1 aromatic heterocycles. The van der Waals surface area contributed by atoms with E-state index in [4.69, 9.17) is 0 Å². The molecular formula is C47H81N9. The molecule has 0 saturated carbocycles. The third-order valence-corrected chi connectivity index (χ3v) is 9.54. The fourth-order valence-electron chi connectivity index (χ4n) is 5.21. The summed E-state index contributed by atoms with van der Waals surface area (Å²) in [5.74, 6) is 8.26. The molecule has 0 amide bonds. The van der Waals surface area contributed by atoms with Crippen LogP contribution in [0.5, 0.6) is 0 Å². The first-order valence-electron chi connectivity index (χ1n) is 21.5. The molecule has 314 valence electrons. The molecule has 5 heterocycles. The minimum atomic E-state index is 0.420. The number of nitrogens with zero attached hydrogens (tertiary/aromatic N) is 9.